The van der Waals surface area contributed by atoms with Crippen molar-refractivity contribution in [3.05, 3.63) is 0 Å². The van der Waals surface area contributed by atoms with Crippen molar-refractivity contribution in [1.29, 1.82) is 0 Å². The number of hydrogen-bond donors (Lipinski definition) is 2. The van der Waals surface area contributed by atoms with Crippen molar-refractivity contribution in [3.63, 3.8) is 0 Å². The zero-order valence-corrected chi connectivity index (χ0v) is 9.32. The van der Waals surface area contributed by atoms with Gasteiger partial charge in [0.2, 0.25) is 0 Å². The predicted molar refractivity (Wildman–Crippen MR) is 57.4 cm³/mol. The average molecular weight is 204 g/mol. The van der Waals surface area contributed by atoms with Crippen molar-refractivity contribution < 1.29 is 4.21 Å². The van der Waals surface area contributed by atoms with Crippen LogP contribution < -0.4 is 10.6 Å². The van der Waals surface area contributed by atoms with Crippen LogP contribution in [-0.2, 0) is 10.8 Å². The summed E-state index contributed by atoms with van der Waals surface area (Å²) in [6.45, 7) is 4.34. The first-order valence-corrected chi connectivity index (χ1v) is 6.68. The van der Waals surface area contributed by atoms with Gasteiger partial charge in [-0.25, -0.2) is 0 Å². The summed E-state index contributed by atoms with van der Waals surface area (Å²) in [5.74, 6) is 0.768. The van der Waals surface area contributed by atoms with Crippen LogP contribution in [0.4, 0.5) is 0 Å². The molecule has 3 nitrogen and oxygen atoms in total. The minimum Gasteiger partial charge on any atom is -0.317 e. The minimum absolute atomic E-state index is 0.383. The maximum absolute atomic E-state index is 11.0. The Kier molecular flexibility index (Phi) is 4.91. The van der Waals surface area contributed by atoms with Crippen LogP contribution in [0.1, 0.15) is 19.8 Å². The molecule has 1 aliphatic rings. The molecule has 0 amide bonds. The molecule has 2 N–H and O–H groups in total. The molecule has 0 radical (unpaired) electrons. The lowest BCUT2D eigenvalue weighted by Crippen LogP contribution is -2.45. The SMILES string of the molecule is CC(CS(C)=O)NC1CCNCC1. The van der Waals surface area contributed by atoms with Gasteiger partial charge in [0.1, 0.15) is 0 Å². The molecule has 0 bridgehead atoms. The smallest absolute Gasteiger partial charge is 0.0383 e. The molecule has 1 saturated heterocycles. The summed E-state index contributed by atoms with van der Waals surface area (Å²) >= 11 is 0. The van der Waals surface area contributed by atoms with E-state index in [1.54, 1.807) is 6.26 Å². The Morgan fingerprint density at radius 2 is 2.15 bits per heavy atom. The van der Waals surface area contributed by atoms with E-state index in [4.69, 9.17) is 0 Å². The summed E-state index contributed by atoms with van der Waals surface area (Å²) in [7, 11) is -0.678. The Bertz CT molecular complexity index is 169. The van der Waals surface area contributed by atoms with E-state index < -0.39 is 10.8 Å². The number of hydrogen-bond acceptors (Lipinski definition) is 3. The Labute approximate surface area is 83.1 Å². The van der Waals surface area contributed by atoms with Crippen LogP contribution in [0.3, 0.4) is 0 Å². The Morgan fingerprint density at radius 1 is 1.54 bits per heavy atom. The highest BCUT2D eigenvalue weighted by Gasteiger charge is 2.15. The predicted octanol–water partition coefficient (Wildman–Crippen LogP) is 0.0950. The Hall–Kier alpha value is 0.0700. The molecule has 1 rings (SSSR count). The average Bonchev–Trinajstić information content (AvgIpc) is 2.04. The lowest BCUT2D eigenvalue weighted by molar-refractivity contribution is 0.366. The van der Waals surface area contributed by atoms with Crippen molar-refractivity contribution in [2.45, 2.75) is 31.8 Å². The molecule has 0 aromatic carbocycles. The zero-order valence-electron chi connectivity index (χ0n) is 8.51. The highest BCUT2D eigenvalue weighted by molar-refractivity contribution is 7.84. The first kappa shape index (κ1) is 11.1. The van der Waals surface area contributed by atoms with E-state index in [1.165, 1.54) is 12.8 Å². The van der Waals surface area contributed by atoms with Gasteiger partial charge in [0.15, 0.2) is 0 Å². The van der Waals surface area contributed by atoms with Gasteiger partial charge in [-0.1, -0.05) is 0 Å². The molecule has 0 aliphatic carbocycles. The van der Waals surface area contributed by atoms with Gasteiger partial charge in [-0.15, -0.1) is 0 Å². The molecule has 13 heavy (non-hydrogen) atoms. The fourth-order valence-corrected chi connectivity index (χ4v) is 2.59. The van der Waals surface area contributed by atoms with Crippen LogP contribution in [0.25, 0.3) is 0 Å². The van der Waals surface area contributed by atoms with Crippen LogP contribution in [-0.4, -0.2) is 41.4 Å². The van der Waals surface area contributed by atoms with Crippen LogP contribution >= 0.6 is 0 Å². The Balaban J connectivity index is 2.18. The van der Waals surface area contributed by atoms with E-state index in [0.717, 1.165) is 18.8 Å². The standard InChI is InChI=1S/C9H20N2OS/c1-8(7-13(2)12)11-9-3-5-10-6-4-9/h8-11H,3-7H2,1-2H3. The van der Waals surface area contributed by atoms with Gasteiger partial charge in [-0.3, -0.25) is 4.21 Å². The van der Waals surface area contributed by atoms with Crippen LogP contribution in [0.5, 0.6) is 0 Å². The van der Waals surface area contributed by atoms with E-state index in [9.17, 15) is 4.21 Å². The molecule has 0 aromatic heterocycles. The number of piperidine rings is 1. The topological polar surface area (TPSA) is 41.1 Å². The van der Waals surface area contributed by atoms with Crippen molar-refractivity contribution >= 4 is 10.8 Å². The molecule has 0 spiro atoms. The van der Waals surface area contributed by atoms with Gasteiger partial charge in [-0.2, -0.15) is 0 Å². The van der Waals surface area contributed by atoms with Crippen molar-refractivity contribution in [3.8, 4) is 0 Å². The Morgan fingerprint density at radius 3 is 2.69 bits per heavy atom. The first-order valence-electron chi connectivity index (χ1n) is 4.95. The maximum Gasteiger partial charge on any atom is 0.0383 e. The van der Waals surface area contributed by atoms with Gasteiger partial charge in [0.05, 0.1) is 0 Å². The molecular formula is C9H20N2OS. The highest BCUT2D eigenvalue weighted by Crippen LogP contribution is 2.03. The largest absolute Gasteiger partial charge is 0.317 e. The van der Waals surface area contributed by atoms with Gasteiger partial charge in [-0.05, 0) is 32.9 Å². The number of nitrogens with one attached hydrogen (secondary N) is 2. The highest BCUT2D eigenvalue weighted by atomic mass is 32.2. The molecule has 0 aromatic rings. The second kappa shape index (κ2) is 5.73. The van der Waals surface area contributed by atoms with E-state index in [0.29, 0.717) is 12.1 Å². The van der Waals surface area contributed by atoms with Crippen LogP contribution in [0.2, 0.25) is 0 Å². The zero-order chi connectivity index (χ0) is 9.68. The van der Waals surface area contributed by atoms with Crippen molar-refractivity contribution in [2.75, 3.05) is 25.1 Å². The maximum atomic E-state index is 11.0. The third kappa shape index (κ3) is 4.74. The van der Waals surface area contributed by atoms with Gasteiger partial charge in [0.25, 0.3) is 0 Å². The molecule has 0 saturated carbocycles. The molecule has 1 aliphatic heterocycles. The van der Waals surface area contributed by atoms with E-state index >= 15 is 0 Å². The molecule has 2 unspecified atom stereocenters. The summed E-state index contributed by atoms with van der Waals surface area (Å²) in [4.78, 5) is 0. The molecule has 2 atom stereocenters. The second-order valence-corrected chi connectivity index (χ2v) is 5.31. The molecule has 1 heterocycles. The fourth-order valence-electron chi connectivity index (χ4n) is 1.79. The van der Waals surface area contributed by atoms with E-state index in [1.807, 2.05) is 0 Å². The lowest BCUT2D eigenvalue weighted by Gasteiger charge is -2.26. The fraction of sp³-hybridized carbons (Fsp3) is 1.00. The van der Waals surface area contributed by atoms with E-state index in [2.05, 4.69) is 17.6 Å². The molecular weight excluding hydrogens is 184 g/mol. The summed E-state index contributed by atoms with van der Waals surface area (Å²) in [6.07, 6.45) is 4.15. The molecule has 4 heteroatoms. The van der Waals surface area contributed by atoms with Gasteiger partial charge < -0.3 is 10.6 Å². The van der Waals surface area contributed by atoms with Crippen LogP contribution in [0, 0.1) is 0 Å². The quantitative estimate of drug-likeness (QED) is 0.682. The van der Waals surface area contributed by atoms with Crippen molar-refractivity contribution in [1.82, 2.24) is 10.6 Å². The third-order valence-electron chi connectivity index (χ3n) is 2.34. The normalized spacial score (nSPS) is 24.2. The van der Waals surface area contributed by atoms with Crippen LogP contribution in [0.15, 0.2) is 0 Å². The van der Waals surface area contributed by atoms with Gasteiger partial charge >= 0.3 is 0 Å². The summed E-state index contributed by atoms with van der Waals surface area (Å²) in [6, 6.07) is 1.01. The third-order valence-corrected chi connectivity index (χ3v) is 3.31. The molecule has 1 fully saturated rings. The lowest BCUT2D eigenvalue weighted by atomic mass is 10.1. The number of rotatable bonds is 4. The monoisotopic (exact) mass is 204 g/mol. The summed E-state index contributed by atoms with van der Waals surface area (Å²) in [5.41, 5.74) is 0. The molecule has 78 valence electrons. The van der Waals surface area contributed by atoms with Crippen molar-refractivity contribution in [2.24, 2.45) is 0 Å². The summed E-state index contributed by atoms with van der Waals surface area (Å²) in [5, 5.41) is 6.85. The van der Waals surface area contributed by atoms with Gasteiger partial charge in [0, 0.05) is 34.9 Å². The minimum atomic E-state index is -0.678. The van der Waals surface area contributed by atoms with E-state index in [-0.39, 0.29) is 0 Å². The first-order chi connectivity index (χ1) is 6.18. The summed E-state index contributed by atoms with van der Waals surface area (Å²) < 4.78 is 11.0. The second-order valence-electron chi connectivity index (χ2n) is 3.83.